The molecule has 17 heavy (non-hydrogen) atoms. The van der Waals surface area contributed by atoms with E-state index < -0.39 is 0 Å². The Hall–Kier alpha value is -0.120. The van der Waals surface area contributed by atoms with Gasteiger partial charge in [0, 0.05) is 25.2 Å². The second-order valence-electron chi connectivity index (χ2n) is 5.98. The van der Waals surface area contributed by atoms with Crippen molar-refractivity contribution in [1.82, 2.24) is 10.2 Å². The molecule has 0 amide bonds. The second kappa shape index (κ2) is 5.68. The van der Waals surface area contributed by atoms with Crippen LogP contribution >= 0.6 is 0 Å². The molecule has 1 unspecified atom stereocenters. The van der Waals surface area contributed by atoms with E-state index in [1.807, 2.05) is 0 Å². The number of morpholine rings is 1. The van der Waals surface area contributed by atoms with Gasteiger partial charge in [-0.25, -0.2) is 0 Å². The highest BCUT2D eigenvalue weighted by atomic mass is 16.5. The zero-order chi connectivity index (χ0) is 11.5. The molecular weight excluding hydrogens is 212 g/mol. The van der Waals surface area contributed by atoms with E-state index in [9.17, 15) is 0 Å². The van der Waals surface area contributed by atoms with Crippen molar-refractivity contribution < 1.29 is 4.74 Å². The summed E-state index contributed by atoms with van der Waals surface area (Å²) < 4.78 is 5.57. The monoisotopic (exact) mass is 238 g/mol. The SMILES string of the molecule is C1CC[C@@H]2[C@H](C1)CCCN2CC1COCCN1. The van der Waals surface area contributed by atoms with Crippen LogP contribution in [0.15, 0.2) is 0 Å². The number of piperidine rings is 1. The molecule has 3 rings (SSSR count). The fourth-order valence-electron chi connectivity index (χ4n) is 3.97. The smallest absolute Gasteiger partial charge is 0.0632 e. The Balaban J connectivity index is 1.56. The van der Waals surface area contributed by atoms with Crippen LogP contribution in [0.5, 0.6) is 0 Å². The highest BCUT2D eigenvalue weighted by molar-refractivity contribution is 4.89. The van der Waals surface area contributed by atoms with Gasteiger partial charge in [0.1, 0.15) is 0 Å². The molecule has 3 atom stereocenters. The standard InChI is InChI=1S/C14H26N2O/c1-2-6-14-12(4-1)5-3-8-16(14)10-13-11-17-9-7-15-13/h12-15H,1-11H2/t12-,13?,14-/m1/s1. The van der Waals surface area contributed by atoms with E-state index in [2.05, 4.69) is 10.2 Å². The summed E-state index contributed by atoms with van der Waals surface area (Å²) in [5, 5.41) is 3.60. The fourth-order valence-corrected chi connectivity index (χ4v) is 3.97. The number of hydrogen-bond donors (Lipinski definition) is 1. The van der Waals surface area contributed by atoms with Gasteiger partial charge in [0.2, 0.25) is 0 Å². The van der Waals surface area contributed by atoms with Crippen LogP contribution in [-0.2, 0) is 4.74 Å². The largest absolute Gasteiger partial charge is 0.378 e. The van der Waals surface area contributed by atoms with Crippen molar-refractivity contribution in [3.63, 3.8) is 0 Å². The Morgan fingerprint density at radius 1 is 1.12 bits per heavy atom. The highest BCUT2D eigenvalue weighted by Crippen LogP contribution is 2.35. The molecule has 2 aliphatic heterocycles. The third kappa shape index (κ3) is 2.83. The van der Waals surface area contributed by atoms with Crippen LogP contribution in [0, 0.1) is 5.92 Å². The molecule has 0 radical (unpaired) electrons. The summed E-state index contributed by atoms with van der Waals surface area (Å²) in [6, 6.07) is 1.46. The summed E-state index contributed by atoms with van der Waals surface area (Å²) in [5.74, 6) is 1.00. The summed E-state index contributed by atoms with van der Waals surface area (Å²) in [6.07, 6.45) is 8.74. The third-order valence-electron chi connectivity index (χ3n) is 4.81. The van der Waals surface area contributed by atoms with Crippen LogP contribution in [0.3, 0.4) is 0 Å². The third-order valence-corrected chi connectivity index (χ3v) is 4.81. The number of hydrogen-bond acceptors (Lipinski definition) is 3. The molecule has 3 heteroatoms. The molecule has 1 aliphatic carbocycles. The average Bonchev–Trinajstić information content (AvgIpc) is 2.40. The Kier molecular flexibility index (Phi) is 3.99. The lowest BCUT2D eigenvalue weighted by molar-refractivity contribution is 0.0199. The Morgan fingerprint density at radius 2 is 2.00 bits per heavy atom. The Labute approximate surface area is 105 Å². The number of likely N-dealkylation sites (tertiary alicyclic amines) is 1. The zero-order valence-electron chi connectivity index (χ0n) is 10.9. The minimum atomic E-state index is 0.574. The zero-order valence-corrected chi connectivity index (χ0v) is 10.9. The van der Waals surface area contributed by atoms with Gasteiger partial charge in [-0.1, -0.05) is 12.8 Å². The van der Waals surface area contributed by atoms with Gasteiger partial charge in [-0.15, -0.1) is 0 Å². The topological polar surface area (TPSA) is 24.5 Å². The van der Waals surface area contributed by atoms with Gasteiger partial charge in [-0.05, 0) is 38.1 Å². The van der Waals surface area contributed by atoms with Crippen molar-refractivity contribution in [3.8, 4) is 0 Å². The Morgan fingerprint density at radius 3 is 2.88 bits per heavy atom. The predicted molar refractivity (Wildman–Crippen MR) is 69.2 cm³/mol. The molecule has 98 valence electrons. The van der Waals surface area contributed by atoms with Crippen LogP contribution in [0.1, 0.15) is 38.5 Å². The maximum absolute atomic E-state index is 5.57. The number of nitrogens with one attached hydrogen (secondary N) is 1. The Bertz CT molecular complexity index is 238. The van der Waals surface area contributed by atoms with Gasteiger partial charge < -0.3 is 10.1 Å². The van der Waals surface area contributed by atoms with Crippen molar-refractivity contribution in [3.05, 3.63) is 0 Å². The van der Waals surface area contributed by atoms with Crippen molar-refractivity contribution >= 4 is 0 Å². The molecule has 3 fully saturated rings. The molecule has 2 saturated heterocycles. The van der Waals surface area contributed by atoms with Crippen molar-refractivity contribution in [2.75, 3.05) is 32.8 Å². The maximum Gasteiger partial charge on any atom is 0.0632 e. The number of fused-ring (bicyclic) bond motifs is 1. The molecule has 2 heterocycles. The summed E-state index contributed by atoms with van der Waals surface area (Å²) in [4.78, 5) is 2.76. The second-order valence-corrected chi connectivity index (χ2v) is 5.98. The maximum atomic E-state index is 5.57. The molecule has 0 bridgehead atoms. The first-order valence-corrected chi connectivity index (χ1v) is 7.48. The van der Waals surface area contributed by atoms with Crippen LogP contribution in [0.4, 0.5) is 0 Å². The number of nitrogens with zero attached hydrogens (tertiary/aromatic N) is 1. The van der Waals surface area contributed by atoms with Gasteiger partial charge >= 0.3 is 0 Å². The van der Waals surface area contributed by atoms with Crippen LogP contribution in [0.2, 0.25) is 0 Å². The molecular formula is C14H26N2O. The van der Waals surface area contributed by atoms with Gasteiger partial charge in [-0.3, -0.25) is 4.90 Å². The van der Waals surface area contributed by atoms with Crippen LogP contribution in [-0.4, -0.2) is 49.8 Å². The first-order chi connectivity index (χ1) is 8.43. The molecule has 0 aromatic carbocycles. The minimum absolute atomic E-state index is 0.574. The van der Waals surface area contributed by atoms with Crippen molar-refractivity contribution in [2.24, 2.45) is 5.92 Å². The minimum Gasteiger partial charge on any atom is -0.378 e. The van der Waals surface area contributed by atoms with Gasteiger partial charge in [0.05, 0.1) is 13.2 Å². The highest BCUT2D eigenvalue weighted by Gasteiger charge is 2.34. The van der Waals surface area contributed by atoms with E-state index in [4.69, 9.17) is 4.74 Å². The van der Waals surface area contributed by atoms with E-state index in [0.717, 1.165) is 31.7 Å². The van der Waals surface area contributed by atoms with E-state index in [1.54, 1.807) is 0 Å². The number of rotatable bonds is 2. The predicted octanol–water partition coefficient (Wildman–Crippen LogP) is 1.63. The summed E-state index contributed by atoms with van der Waals surface area (Å²) in [7, 11) is 0. The first kappa shape index (κ1) is 11.9. The molecule has 0 aromatic rings. The molecule has 0 spiro atoms. The lowest BCUT2D eigenvalue weighted by atomic mass is 9.78. The van der Waals surface area contributed by atoms with Crippen LogP contribution in [0.25, 0.3) is 0 Å². The summed E-state index contributed by atoms with van der Waals surface area (Å²) >= 11 is 0. The van der Waals surface area contributed by atoms with Gasteiger partial charge in [0.15, 0.2) is 0 Å². The molecule has 0 aromatic heterocycles. The fraction of sp³-hybridized carbons (Fsp3) is 1.00. The summed E-state index contributed by atoms with van der Waals surface area (Å²) in [5.41, 5.74) is 0. The molecule has 3 aliphatic rings. The van der Waals surface area contributed by atoms with Crippen molar-refractivity contribution in [2.45, 2.75) is 50.6 Å². The lowest BCUT2D eigenvalue weighted by Gasteiger charge is -2.45. The molecule has 3 nitrogen and oxygen atoms in total. The molecule has 1 saturated carbocycles. The van der Waals surface area contributed by atoms with E-state index in [0.29, 0.717) is 6.04 Å². The average molecular weight is 238 g/mol. The molecule has 1 N–H and O–H groups in total. The van der Waals surface area contributed by atoms with Gasteiger partial charge in [-0.2, -0.15) is 0 Å². The van der Waals surface area contributed by atoms with Gasteiger partial charge in [0.25, 0.3) is 0 Å². The quantitative estimate of drug-likeness (QED) is 0.791. The summed E-state index contributed by atoms with van der Waals surface area (Å²) in [6.45, 7) is 5.36. The first-order valence-electron chi connectivity index (χ1n) is 7.48. The van der Waals surface area contributed by atoms with Crippen LogP contribution < -0.4 is 5.32 Å². The number of ether oxygens (including phenoxy) is 1. The van der Waals surface area contributed by atoms with E-state index in [1.165, 1.54) is 51.6 Å². The van der Waals surface area contributed by atoms with E-state index >= 15 is 0 Å². The normalized spacial score (nSPS) is 39.9. The van der Waals surface area contributed by atoms with E-state index in [-0.39, 0.29) is 0 Å². The lowest BCUT2D eigenvalue weighted by Crippen LogP contribution is -2.54. The van der Waals surface area contributed by atoms with Crippen molar-refractivity contribution in [1.29, 1.82) is 0 Å².